The Morgan fingerprint density at radius 1 is 0.861 bits per heavy atom. The Bertz CT molecular complexity index is 1100. The predicted octanol–water partition coefficient (Wildman–Crippen LogP) is -2.57. The summed E-state index contributed by atoms with van der Waals surface area (Å²) in [5, 5.41) is 44.5. The molecule has 1 heterocycles. The number of aliphatic carboxylic acids is 2. The Balaban J connectivity index is 2.15. The predicted molar refractivity (Wildman–Crippen MR) is 124 cm³/mol. The molecule has 1 aromatic carbocycles. The summed E-state index contributed by atoms with van der Waals surface area (Å²) in [6, 6.07) is 1.34. The van der Waals surface area contributed by atoms with Gasteiger partial charge in [0.05, 0.1) is 13.2 Å². The van der Waals surface area contributed by atoms with E-state index in [-0.39, 0.29) is 6.42 Å². The first-order valence-corrected chi connectivity index (χ1v) is 10.9. The first-order valence-electron chi connectivity index (χ1n) is 10.9. The molecule has 0 radical (unpaired) electrons. The van der Waals surface area contributed by atoms with Gasteiger partial charge in [-0.25, -0.2) is 4.79 Å². The van der Waals surface area contributed by atoms with Crippen molar-refractivity contribution in [2.45, 2.75) is 43.4 Å². The fraction of sp³-hybridized carbons (Fsp3) is 0.409. The average Bonchev–Trinajstić information content (AvgIpc) is 3.26. The molecule has 4 unspecified atom stereocenters. The van der Waals surface area contributed by atoms with E-state index >= 15 is 0 Å². The van der Waals surface area contributed by atoms with Crippen LogP contribution in [0, 0.1) is 0 Å². The van der Waals surface area contributed by atoms with Crippen LogP contribution in [0.25, 0.3) is 10.9 Å². The molecule has 0 aliphatic rings. The molecule has 0 fully saturated rings. The van der Waals surface area contributed by atoms with Crippen molar-refractivity contribution in [2.24, 2.45) is 5.73 Å². The van der Waals surface area contributed by atoms with Crippen LogP contribution in [0.1, 0.15) is 18.4 Å². The molecule has 2 aromatic rings. The zero-order chi connectivity index (χ0) is 26.8. The first kappa shape index (κ1) is 28.2. The van der Waals surface area contributed by atoms with E-state index in [9.17, 15) is 34.2 Å². The first-order chi connectivity index (χ1) is 17.1. The number of carboxylic acid groups (broad SMARTS) is 2. The highest BCUT2D eigenvalue weighted by atomic mass is 16.4. The number of aromatic nitrogens is 1. The van der Waals surface area contributed by atoms with Gasteiger partial charge in [-0.3, -0.25) is 19.2 Å². The highest BCUT2D eigenvalue weighted by Crippen LogP contribution is 2.19. The number of hydrogen-bond donors (Lipinski definition) is 9. The highest BCUT2D eigenvalue weighted by Gasteiger charge is 2.30. The summed E-state index contributed by atoms with van der Waals surface area (Å²) in [6.45, 7) is -1.61. The van der Waals surface area contributed by atoms with Crippen molar-refractivity contribution in [1.29, 1.82) is 0 Å². The summed E-state index contributed by atoms with van der Waals surface area (Å²) in [4.78, 5) is 63.2. The Hall–Kier alpha value is -4.01. The van der Waals surface area contributed by atoms with Gasteiger partial charge in [0.15, 0.2) is 0 Å². The second-order valence-corrected chi connectivity index (χ2v) is 7.99. The minimum Gasteiger partial charge on any atom is -0.481 e. The molecule has 0 aliphatic carbocycles. The molecule has 3 amide bonds. The second kappa shape index (κ2) is 13.2. The molecule has 14 nitrogen and oxygen atoms in total. The van der Waals surface area contributed by atoms with Gasteiger partial charge in [-0.15, -0.1) is 0 Å². The number of aromatic amines is 1. The lowest BCUT2D eigenvalue weighted by atomic mass is 10.0. The summed E-state index contributed by atoms with van der Waals surface area (Å²) in [7, 11) is 0. The lowest BCUT2D eigenvalue weighted by molar-refractivity contribution is -0.143. The molecule has 10 N–H and O–H groups in total. The maximum atomic E-state index is 12.9. The maximum absolute atomic E-state index is 12.9. The number of carbonyl (C=O) groups is 5. The molecule has 0 bridgehead atoms. The Kier molecular flexibility index (Phi) is 10.3. The largest absolute Gasteiger partial charge is 0.481 e. The number of aliphatic hydroxyl groups excluding tert-OH is 2. The number of nitrogens with one attached hydrogen (secondary N) is 4. The smallest absolute Gasteiger partial charge is 0.326 e. The normalized spacial score (nSPS) is 14.3. The van der Waals surface area contributed by atoms with Crippen molar-refractivity contribution in [3.8, 4) is 0 Å². The van der Waals surface area contributed by atoms with E-state index in [0.29, 0.717) is 5.56 Å². The van der Waals surface area contributed by atoms with Gasteiger partial charge in [0.25, 0.3) is 0 Å². The molecule has 2 rings (SSSR count). The quantitative estimate of drug-likeness (QED) is 0.129. The van der Waals surface area contributed by atoms with Crippen LogP contribution in [0.15, 0.2) is 30.5 Å². The molecule has 0 saturated carbocycles. The van der Waals surface area contributed by atoms with Crippen molar-refractivity contribution in [2.75, 3.05) is 13.2 Å². The lowest BCUT2D eigenvalue weighted by Crippen LogP contribution is -2.58. The van der Waals surface area contributed by atoms with E-state index in [2.05, 4.69) is 20.9 Å². The van der Waals surface area contributed by atoms with Crippen LogP contribution in [-0.4, -0.2) is 92.5 Å². The Labute approximate surface area is 204 Å². The molecule has 0 saturated heterocycles. The van der Waals surface area contributed by atoms with E-state index in [0.717, 1.165) is 10.9 Å². The number of H-pyrrole nitrogens is 1. The van der Waals surface area contributed by atoms with Crippen LogP contribution in [0.5, 0.6) is 0 Å². The van der Waals surface area contributed by atoms with Crippen LogP contribution < -0.4 is 21.7 Å². The number of hydrogen-bond acceptors (Lipinski definition) is 8. The van der Waals surface area contributed by atoms with E-state index in [1.165, 1.54) is 0 Å². The summed E-state index contributed by atoms with van der Waals surface area (Å²) < 4.78 is 0. The monoisotopic (exact) mass is 507 g/mol. The minimum atomic E-state index is -1.56. The molecule has 0 spiro atoms. The van der Waals surface area contributed by atoms with Gasteiger partial charge in [-0.2, -0.15) is 0 Å². The molecular formula is C22H29N5O9. The van der Waals surface area contributed by atoms with Crippen molar-refractivity contribution < 1.29 is 44.4 Å². The average molecular weight is 508 g/mol. The topological polar surface area (TPSA) is 244 Å². The third kappa shape index (κ3) is 7.76. The van der Waals surface area contributed by atoms with Gasteiger partial charge in [-0.1, -0.05) is 18.2 Å². The fourth-order valence-electron chi connectivity index (χ4n) is 3.36. The zero-order valence-corrected chi connectivity index (χ0v) is 19.1. The molecule has 196 valence electrons. The summed E-state index contributed by atoms with van der Waals surface area (Å²) >= 11 is 0. The number of carboxylic acids is 2. The van der Waals surface area contributed by atoms with Crippen molar-refractivity contribution >= 4 is 40.6 Å². The number of nitrogens with two attached hydrogens (primary N) is 1. The maximum Gasteiger partial charge on any atom is 0.326 e. The number of amides is 3. The van der Waals surface area contributed by atoms with Crippen LogP contribution in [0.3, 0.4) is 0 Å². The van der Waals surface area contributed by atoms with Crippen molar-refractivity contribution in [3.63, 3.8) is 0 Å². The van der Waals surface area contributed by atoms with Gasteiger partial charge in [0, 0.05) is 29.9 Å². The van der Waals surface area contributed by atoms with E-state index in [1.54, 1.807) is 30.5 Å². The number of para-hydroxylation sites is 1. The van der Waals surface area contributed by atoms with Gasteiger partial charge in [0.2, 0.25) is 17.7 Å². The van der Waals surface area contributed by atoms with Crippen molar-refractivity contribution in [1.82, 2.24) is 20.9 Å². The number of carbonyl (C=O) groups excluding carboxylic acids is 3. The van der Waals surface area contributed by atoms with Crippen LogP contribution in [0.2, 0.25) is 0 Å². The summed E-state index contributed by atoms with van der Waals surface area (Å²) in [6.07, 6.45) is 0.583. The van der Waals surface area contributed by atoms with Gasteiger partial charge >= 0.3 is 11.9 Å². The number of aliphatic hydroxyl groups is 2. The standard InChI is InChI=1S/C22H29N5O9/c23-13(9-28)19(32)27-17(10-29)21(34)25-15(5-6-18(30)31)20(33)26-16(22(35)36)7-11-8-24-14-4-2-1-3-12(11)14/h1-4,8,13,15-17,24,28-29H,5-7,9-10,23H2,(H,25,34)(H,26,33)(H,27,32)(H,30,31)(H,35,36). The number of rotatable bonds is 14. The third-order valence-electron chi connectivity index (χ3n) is 5.34. The van der Waals surface area contributed by atoms with Crippen LogP contribution in [-0.2, 0) is 30.4 Å². The summed E-state index contributed by atoms with van der Waals surface area (Å²) in [5.74, 6) is -5.56. The van der Waals surface area contributed by atoms with E-state index in [1.807, 2.05) is 0 Å². The number of benzene rings is 1. The minimum absolute atomic E-state index is 0.0982. The van der Waals surface area contributed by atoms with Gasteiger partial charge < -0.3 is 47.1 Å². The zero-order valence-electron chi connectivity index (χ0n) is 19.1. The van der Waals surface area contributed by atoms with Crippen molar-refractivity contribution in [3.05, 3.63) is 36.0 Å². The SMILES string of the molecule is NC(CO)C(=O)NC(CO)C(=O)NC(CCC(=O)O)C(=O)NC(Cc1c[nH]c2ccccc12)C(=O)O. The lowest BCUT2D eigenvalue weighted by Gasteiger charge is -2.24. The highest BCUT2D eigenvalue weighted by molar-refractivity contribution is 5.94. The van der Waals surface area contributed by atoms with E-state index in [4.69, 9.17) is 15.9 Å². The third-order valence-corrected chi connectivity index (χ3v) is 5.34. The van der Waals surface area contributed by atoms with Crippen LogP contribution in [0.4, 0.5) is 0 Å². The number of fused-ring (bicyclic) bond motifs is 1. The molecule has 14 heteroatoms. The molecule has 1 aromatic heterocycles. The van der Waals surface area contributed by atoms with Gasteiger partial charge in [-0.05, 0) is 18.1 Å². The van der Waals surface area contributed by atoms with Crippen LogP contribution >= 0.6 is 0 Å². The fourth-order valence-corrected chi connectivity index (χ4v) is 3.36. The Morgan fingerprint density at radius 2 is 1.47 bits per heavy atom. The molecule has 0 aliphatic heterocycles. The second-order valence-electron chi connectivity index (χ2n) is 7.99. The Morgan fingerprint density at radius 3 is 2.08 bits per heavy atom. The molecule has 4 atom stereocenters. The van der Waals surface area contributed by atoms with E-state index < -0.39 is 79.9 Å². The molecule has 36 heavy (non-hydrogen) atoms. The molecular weight excluding hydrogens is 478 g/mol. The summed E-state index contributed by atoms with van der Waals surface area (Å²) in [5.41, 5.74) is 6.75. The van der Waals surface area contributed by atoms with Gasteiger partial charge in [0.1, 0.15) is 24.2 Å².